The van der Waals surface area contributed by atoms with Crippen molar-refractivity contribution in [2.24, 2.45) is 5.92 Å². The second-order valence-electron chi connectivity index (χ2n) is 10.9. The number of benzene rings is 2. The topological polar surface area (TPSA) is 99.1 Å². The Hall–Kier alpha value is -3.16. The molecule has 1 fully saturated rings. The van der Waals surface area contributed by atoms with Crippen molar-refractivity contribution in [2.45, 2.75) is 76.2 Å². The standard InChI is InChI=1S/C31H38N2O5/c1-20-10-12-22(13-11-20)19-33(27(35)15-14-21-6-2-3-7-21)25-18-24(31(37)32-16-17-34)28-23-8-4-5-9-26(23)38-30(28)29(25)36/h4-5,8-13,18,21,25,28-30,34,36H,2-3,6-7,14-17,19H2,1H3,(H,32,37). The summed E-state index contributed by atoms with van der Waals surface area (Å²) in [4.78, 5) is 28.8. The Kier molecular flexibility index (Phi) is 8.15. The molecule has 2 aromatic rings. The predicted octanol–water partition coefficient (Wildman–Crippen LogP) is 3.62. The fraction of sp³-hybridized carbons (Fsp3) is 0.484. The molecule has 4 atom stereocenters. The largest absolute Gasteiger partial charge is 0.486 e. The zero-order valence-corrected chi connectivity index (χ0v) is 22.0. The predicted molar refractivity (Wildman–Crippen MR) is 144 cm³/mol. The molecule has 3 aliphatic rings. The first-order valence-corrected chi connectivity index (χ1v) is 13.9. The Morgan fingerprint density at radius 2 is 1.82 bits per heavy atom. The molecule has 202 valence electrons. The SMILES string of the molecule is Cc1ccc(CN(C(=O)CCC2CCCC2)C2C=C(C(=O)NCCO)C3c4ccccc4OC3C2O)cc1. The Labute approximate surface area is 224 Å². The quantitative estimate of drug-likeness (QED) is 0.471. The van der Waals surface area contributed by atoms with Crippen LogP contribution in [0, 0.1) is 12.8 Å². The third kappa shape index (κ3) is 5.49. The molecule has 38 heavy (non-hydrogen) atoms. The molecule has 0 spiro atoms. The summed E-state index contributed by atoms with van der Waals surface area (Å²) in [5, 5.41) is 23.7. The van der Waals surface area contributed by atoms with Gasteiger partial charge >= 0.3 is 0 Å². The number of amides is 2. The van der Waals surface area contributed by atoms with Gasteiger partial charge in [-0.25, -0.2) is 0 Å². The van der Waals surface area contributed by atoms with E-state index in [1.54, 1.807) is 11.0 Å². The van der Waals surface area contributed by atoms with Gasteiger partial charge in [-0.05, 0) is 37.0 Å². The lowest BCUT2D eigenvalue weighted by Gasteiger charge is -2.41. The Morgan fingerprint density at radius 1 is 1.08 bits per heavy atom. The molecule has 4 unspecified atom stereocenters. The van der Waals surface area contributed by atoms with Crippen molar-refractivity contribution < 1.29 is 24.5 Å². The normalized spacial score (nSPS) is 24.2. The third-order valence-corrected chi connectivity index (χ3v) is 8.27. The van der Waals surface area contributed by atoms with Crippen molar-refractivity contribution in [1.29, 1.82) is 0 Å². The maximum atomic E-state index is 13.8. The van der Waals surface area contributed by atoms with Crippen LogP contribution in [0.5, 0.6) is 5.75 Å². The molecule has 5 rings (SSSR count). The second kappa shape index (κ2) is 11.7. The zero-order chi connectivity index (χ0) is 26.6. The van der Waals surface area contributed by atoms with E-state index in [0.717, 1.165) is 23.1 Å². The summed E-state index contributed by atoms with van der Waals surface area (Å²) >= 11 is 0. The number of hydrogen-bond donors (Lipinski definition) is 3. The minimum Gasteiger partial charge on any atom is -0.486 e. The molecule has 1 saturated carbocycles. The Balaban J connectivity index is 1.49. The highest BCUT2D eigenvalue weighted by atomic mass is 16.5. The summed E-state index contributed by atoms with van der Waals surface area (Å²) in [6, 6.07) is 14.8. The molecule has 0 radical (unpaired) electrons. The van der Waals surface area contributed by atoms with Crippen LogP contribution in [0.25, 0.3) is 0 Å². The van der Waals surface area contributed by atoms with E-state index >= 15 is 0 Å². The van der Waals surface area contributed by atoms with Crippen LogP contribution in [0.3, 0.4) is 0 Å². The lowest BCUT2D eigenvalue weighted by atomic mass is 9.77. The number of nitrogens with one attached hydrogen (secondary N) is 1. The van der Waals surface area contributed by atoms with Gasteiger partial charge in [0.2, 0.25) is 11.8 Å². The van der Waals surface area contributed by atoms with Crippen LogP contribution in [-0.2, 0) is 16.1 Å². The minimum absolute atomic E-state index is 0.0261. The van der Waals surface area contributed by atoms with Gasteiger partial charge in [0.25, 0.3) is 0 Å². The molecule has 1 heterocycles. The van der Waals surface area contributed by atoms with Crippen LogP contribution in [-0.4, -0.2) is 58.3 Å². The first kappa shape index (κ1) is 26.4. The fourth-order valence-electron chi connectivity index (χ4n) is 6.21. The van der Waals surface area contributed by atoms with Gasteiger partial charge in [0.15, 0.2) is 0 Å². The number of carbonyl (C=O) groups is 2. The number of aliphatic hydroxyl groups is 2. The summed E-state index contributed by atoms with van der Waals surface area (Å²) in [6.07, 6.45) is 6.09. The fourth-order valence-corrected chi connectivity index (χ4v) is 6.21. The minimum atomic E-state index is -1.01. The van der Waals surface area contributed by atoms with E-state index in [9.17, 15) is 19.8 Å². The Morgan fingerprint density at radius 3 is 2.55 bits per heavy atom. The Bertz CT molecular complexity index is 1170. The molecule has 1 aliphatic heterocycles. The number of carbonyl (C=O) groups excluding carboxylic acids is 2. The lowest BCUT2D eigenvalue weighted by Crippen LogP contribution is -2.55. The summed E-state index contributed by atoms with van der Waals surface area (Å²) in [5.41, 5.74) is 3.40. The van der Waals surface area contributed by atoms with Crippen molar-refractivity contribution in [2.75, 3.05) is 13.2 Å². The number of aryl methyl sites for hydroxylation is 1. The van der Waals surface area contributed by atoms with Gasteiger partial charge in [-0.1, -0.05) is 73.7 Å². The average Bonchev–Trinajstić information content (AvgIpc) is 3.59. The first-order valence-electron chi connectivity index (χ1n) is 13.9. The van der Waals surface area contributed by atoms with Crippen molar-refractivity contribution in [3.63, 3.8) is 0 Å². The van der Waals surface area contributed by atoms with Crippen molar-refractivity contribution in [3.8, 4) is 5.75 Å². The van der Waals surface area contributed by atoms with E-state index in [1.807, 2.05) is 55.5 Å². The van der Waals surface area contributed by atoms with Gasteiger partial charge in [-0.2, -0.15) is 0 Å². The number of aliphatic hydroxyl groups excluding tert-OH is 2. The molecular formula is C31H38N2O5. The van der Waals surface area contributed by atoms with Crippen LogP contribution in [0.2, 0.25) is 0 Å². The van der Waals surface area contributed by atoms with Gasteiger partial charge in [-0.3, -0.25) is 9.59 Å². The molecule has 2 amide bonds. The van der Waals surface area contributed by atoms with E-state index in [-0.39, 0.29) is 25.0 Å². The highest BCUT2D eigenvalue weighted by molar-refractivity contribution is 5.96. The second-order valence-corrected chi connectivity index (χ2v) is 10.9. The number of fused-ring (bicyclic) bond motifs is 3. The maximum Gasteiger partial charge on any atom is 0.247 e. The monoisotopic (exact) mass is 518 g/mol. The van der Waals surface area contributed by atoms with Crippen LogP contribution in [0.15, 0.2) is 60.2 Å². The van der Waals surface area contributed by atoms with Gasteiger partial charge in [0.1, 0.15) is 18.0 Å². The van der Waals surface area contributed by atoms with Crippen LogP contribution in [0.1, 0.15) is 61.1 Å². The summed E-state index contributed by atoms with van der Waals surface area (Å²) in [5.74, 6) is 0.414. The van der Waals surface area contributed by atoms with Gasteiger partial charge < -0.3 is 25.2 Å². The van der Waals surface area contributed by atoms with Crippen LogP contribution < -0.4 is 10.1 Å². The molecule has 0 saturated heterocycles. The third-order valence-electron chi connectivity index (χ3n) is 8.27. The number of ether oxygens (including phenoxy) is 1. The highest BCUT2D eigenvalue weighted by Crippen LogP contribution is 2.47. The summed E-state index contributed by atoms with van der Waals surface area (Å²) in [7, 11) is 0. The van der Waals surface area contributed by atoms with Gasteiger partial charge in [0, 0.05) is 30.6 Å². The van der Waals surface area contributed by atoms with E-state index in [0.29, 0.717) is 30.2 Å². The highest BCUT2D eigenvalue weighted by Gasteiger charge is 2.50. The smallest absolute Gasteiger partial charge is 0.247 e. The van der Waals surface area contributed by atoms with E-state index in [1.165, 1.54) is 25.7 Å². The molecule has 2 aliphatic carbocycles. The number of para-hydroxylation sites is 1. The summed E-state index contributed by atoms with van der Waals surface area (Å²) in [6.45, 7) is 2.30. The van der Waals surface area contributed by atoms with Gasteiger partial charge in [0.05, 0.1) is 18.6 Å². The number of rotatable bonds is 9. The molecule has 2 aromatic carbocycles. The maximum absolute atomic E-state index is 13.8. The van der Waals surface area contributed by atoms with E-state index in [4.69, 9.17) is 4.74 Å². The molecular weight excluding hydrogens is 480 g/mol. The van der Waals surface area contributed by atoms with E-state index < -0.39 is 24.2 Å². The van der Waals surface area contributed by atoms with E-state index in [2.05, 4.69) is 5.32 Å². The first-order chi connectivity index (χ1) is 18.5. The van der Waals surface area contributed by atoms with Crippen LogP contribution >= 0.6 is 0 Å². The van der Waals surface area contributed by atoms with Crippen molar-refractivity contribution >= 4 is 11.8 Å². The molecule has 7 heteroatoms. The van der Waals surface area contributed by atoms with Crippen molar-refractivity contribution in [1.82, 2.24) is 10.2 Å². The van der Waals surface area contributed by atoms with Crippen molar-refractivity contribution in [3.05, 3.63) is 76.9 Å². The number of nitrogens with zero attached hydrogens (tertiary/aromatic N) is 1. The molecule has 0 aromatic heterocycles. The molecule has 0 bridgehead atoms. The summed E-state index contributed by atoms with van der Waals surface area (Å²) < 4.78 is 6.22. The number of hydrogen-bond acceptors (Lipinski definition) is 5. The molecule has 7 nitrogen and oxygen atoms in total. The zero-order valence-electron chi connectivity index (χ0n) is 22.0. The van der Waals surface area contributed by atoms with Gasteiger partial charge in [-0.15, -0.1) is 0 Å². The average molecular weight is 519 g/mol. The lowest BCUT2D eigenvalue weighted by molar-refractivity contribution is -0.138. The van der Waals surface area contributed by atoms with Crippen LogP contribution in [0.4, 0.5) is 0 Å². The molecule has 3 N–H and O–H groups in total.